The number of nitrogens with zero attached hydrogens (tertiary/aromatic N) is 2. The van der Waals surface area contributed by atoms with Crippen molar-refractivity contribution in [3.63, 3.8) is 0 Å². The summed E-state index contributed by atoms with van der Waals surface area (Å²) in [4.78, 5) is 31.6. The Hall–Kier alpha value is -4.07. The van der Waals surface area contributed by atoms with Gasteiger partial charge in [-0.3, -0.25) is 9.20 Å². The Kier molecular flexibility index (Phi) is 3.83. The standard InChI is InChI=1S/C21H17N5O3/c1-29-15-4-2-3-13(11-15)23-21(28)24-14-5-6-16-12(9-14)10-17-18(16)25-20(27)19-22-7-8-26(17)19/h2-9,11H,10H2,1H3,(H,25,27)(H2,23,24,28). The molecule has 0 unspecified atom stereocenters. The first-order valence-corrected chi connectivity index (χ1v) is 9.06. The van der Waals surface area contributed by atoms with Crippen LogP contribution in [0.1, 0.15) is 11.3 Å². The van der Waals surface area contributed by atoms with Crippen molar-refractivity contribution < 1.29 is 9.53 Å². The number of hydrogen-bond acceptors (Lipinski definition) is 4. The fourth-order valence-electron chi connectivity index (χ4n) is 3.68. The van der Waals surface area contributed by atoms with E-state index in [2.05, 4.69) is 20.6 Å². The SMILES string of the molecule is COc1cccc(NC(=O)Nc2ccc3c(c2)Cc2c-3[nH]c(=O)c3nccn23)c1. The lowest BCUT2D eigenvalue weighted by atomic mass is 10.1. The summed E-state index contributed by atoms with van der Waals surface area (Å²) in [5, 5.41) is 5.63. The van der Waals surface area contributed by atoms with Crippen molar-refractivity contribution in [2.24, 2.45) is 0 Å². The molecule has 5 rings (SSSR count). The number of aromatic nitrogens is 3. The molecule has 2 aromatic heterocycles. The fourth-order valence-corrected chi connectivity index (χ4v) is 3.68. The van der Waals surface area contributed by atoms with E-state index >= 15 is 0 Å². The first-order valence-electron chi connectivity index (χ1n) is 9.06. The molecule has 8 heteroatoms. The van der Waals surface area contributed by atoms with Crippen LogP contribution >= 0.6 is 0 Å². The van der Waals surface area contributed by atoms with E-state index in [1.165, 1.54) is 0 Å². The molecule has 8 nitrogen and oxygen atoms in total. The third-order valence-corrected chi connectivity index (χ3v) is 4.98. The largest absolute Gasteiger partial charge is 0.497 e. The van der Waals surface area contributed by atoms with Gasteiger partial charge in [0.05, 0.1) is 18.5 Å². The highest BCUT2D eigenvalue weighted by Crippen LogP contribution is 2.36. The molecular formula is C21H17N5O3. The molecule has 0 aliphatic heterocycles. The molecule has 4 aromatic rings. The molecule has 29 heavy (non-hydrogen) atoms. The van der Waals surface area contributed by atoms with Crippen LogP contribution in [0.15, 0.2) is 59.7 Å². The third-order valence-electron chi connectivity index (χ3n) is 4.98. The summed E-state index contributed by atoms with van der Waals surface area (Å²) < 4.78 is 6.98. The lowest BCUT2D eigenvalue weighted by Crippen LogP contribution is -2.19. The lowest BCUT2D eigenvalue weighted by molar-refractivity contribution is 0.262. The molecule has 0 radical (unpaired) electrons. The Balaban J connectivity index is 1.39. The van der Waals surface area contributed by atoms with Gasteiger partial charge in [0, 0.05) is 41.8 Å². The highest BCUT2D eigenvalue weighted by Gasteiger charge is 2.23. The maximum atomic E-state index is 12.4. The zero-order chi connectivity index (χ0) is 20.0. The highest BCUT2D eigenvalue weighted by atomic mass is 16.5. The van der Waals surface area contributed by atoms with Crippen molar-refractivity contribution in [3.8, 4) is 17.0 Å². The van der Waals surface area contributed by atoms with E-state index in [1.807, 2.05) is 28.7 Å². The van der Waals surface area contributed by atoms with E-state index in [1.54, 1.807) is 37.7 Å². The van der Waals surface area contributed by atoms with Gasteiger partial charge in [0.2, 0.25) is 5.65 Å². The monoisotopic (exact) mass is 387 g/mol. The number of aromatic amines is 1. The van der Waals surface area contributed by atoms with Gasteiger partial charge in [-0.05, 0) is 29.8 Å². The lowest BCUT2D eigenvalue weighted by Gasteiger charge is -2.10. The number of amides is 2. The molecule has 2 aromatic carbocycles. The number of urea groups is 1. The molecule has 3 N–H and O–H groups in total. The number of methoxy groups -OCH3 is 1. The molecule has 2 amide bonds. The number of benzene rings is 2. The van der Waals surface area contributed by atoms with Crippen LogP contribution in [0.4, 0.5) is 16.2 Å². The highest BCUT2D eigenvalue weighted by molar-refractivity contribution is 6.00. The van der Waals surface area contributed by atoms with Gasteiger partial charge in [-0.25, -0.2) is 9.78 Å². The van der Waals surface area contributed by atoms with Crippen LogP contribution < -0.4 is 20.9 Å². The van der Waals surface area contributed by atoms with Crippen LogP contribution in [0.5, 0.6) is 5.75 Å². The van der Waals surface area contributed by atoms with Gasteiger partial charge < -0.3 is 20.4 Å². The van der Waals surface area contributed by atoms with Gasteiger partial charge in [-0.2, -0.15) is 0 Å². The van der Waals surface area contributed by atoms with Crippen molar-refractivity contribution >= 4 is 23.1 Å². The van der Waals surface area contributed by atoms with Gasteiger partial charge in [0.15, 0.2) is 0 Å². The first kappa shape index (κ1) is 17.1. The molecule has 0 spiro atoms. The van der Waals surface area contributed by atoms with Gasteiger partial charge >= 0.3 is 6.03 Å². The number of carbonyl (C=O) groups excluding carboxylic acids is 1. The first-order chi connectivity index (χ1) is 14.1. The number of carbonyl (C=O) groups is 1. The normalized spacial score (nSPS) is 11.8. The van der Waals surface area contributed by atoms with Crippen LogP contribution in [0.2, 0.25) is 0 Å². The van der Waals surface area contributed by atoms with E-state index in [0.717, 1.165) is 22.5 Å². The zero-order valence-electron chi connectivity index (χ0n) is 15.5. The average molecular weight is 387 g/mol. The predicted octanol–water partition coefficient (Wildman–Crippen LogP) is 3.25. The van der Waals surface area contributed by atoms with E-state index in [-0.39, 0.29) is 11.6 Å². The second-order valence-corrected chi connectivity index (χ2v) is 6.76. The van der Waals surface area contributed by atoms with Crippen molar-refractivity contribution in [1.29, 1.82) is 0 Å². The van der Waals surface area contributed by atoms with Gasteiger partial charge in [0.25, 0.3) is 5.56 Å². The van der Waals surface area contributed by atoms with Crippen LogP contribution in [-0.2, 0) is 6.42 Å². The Bertz CT molecular complexity index is 1320. The Labute approximate surface area is 165 Å². The maximum absolute atomic E-state index is 12.4. The van der Waals surface area contributed by atoms with E-state index in [9.17, 15) is 9.59 Å². The van der Waals surface area contributed by atoms with Gasteiger partial charge in [0.1, 0.15) is 5.75 Å². The van der Waals surface area contributed by atoms with Crippen molar-refractivity contribution in [2.45, 2.75) is 6.42 Å². The molecule has 0 atom stereocenters. The van der Waals surface area contributed by atoms with E-state index in [4.69, 9.17) is 4.74 Å². The smallest absolute Gasteiger partial charge is 0.323 e. The van der Waals surface area contributed by atoms with Crippen molar-refractivity contribution in [1.82, 2.24) is 14.4 Å². The number of imidazole rings is 1. The number of anilines is 2. The summed E-state index contributed by atoms with van der Waals surface area (Å²) in [5.74, 6) is 0.665. The molecule has 144 valence electrons. The van der Waals surface area contributed by atoms with Crippen LogP contribution in [0, 0.1) is 0 Å². The molecule has 1 aliphatic rings. The van der Waals surface area contributed by atoms with Gasteiger partial charge in [-0.15, -0.1) is 0 Å². The number of hydrogen-bond donors (Lipinski definition) is 3. The minimum Gasteiger partial charge on any atom is -0.497 e. The summed E-state index contributed by atoms with van der Waals surface area (Å²) >= 11 is 0. The fraction of sp³-hybridized carbons (Fsp3) is 0.0952. The molecule has 0 saturated carbocycles. The molecule has 0 fully saturated rings. The van der Waals surface area contributed by atoms with Crippen LogP contribution in [-0.4, -0.2) is 27.5 Å². The topological polar surface area (TPSA) is 101 Å². The Morgan fingerprint density at radius 3 is 2.83 bits per heavy atom. The quantitative estimate of drug-likeness (QED) is 0.442. The number of nitrogens with one attached hydrogen (secondary N) is 3. The van der Waals surface area contributed by atoms with Crippen molar-refractivity contribution in [2.75, 3.05) is 17.7 Å². The number of H-pyrrole nitrogens is 1. The number of ether oxygens (including phenoxy) is 1. The summed E-state index contributed by atoms with van der Waals surface area (Å²) in [6.45, 7) is 0. The molecule has 2 heterocycles. The summed E-state index contributed by atoms with van der Waals surface area (Å²) in [5.41, 5.74) is 5.21. The van der Waals surface area contributed by atoms with Gasteiger partial charge in [-0.1, -0.05) is 12.1 Å². The maximum Gasteiger partial charge on any atom is 0.323 e. The van der Waals surface area contributed by atoms with E-state index < -0.39 is 0 Å². The Morgan fingerprint density at radius 1 is 1.17 bits per heavy atom. The minimum absolute atomic E-state index is 0.221. The molecular weight excluding hydrogens is 370 g/mol. The molecule has 1 aliphatic carbocycles. The predicted molar refractivity (Wildman–Crippen MR) is 110 cm³/mol. The van der Waals surface area contributed by atoms with Crippen LogP contribution in [0.3, 0.4) is 0 Å². The number of rotatable bonds is 3. The average Bonchev–Trinajstić information content (AvgIpc) is 3.33. The summed E-state index contributed by atoms with van der Waals surface area (Å²) in [6.07, 6.45) is 4.04. The molecule has 0 bridgehead atoms. The second kappa shape index (κ2) is 6.52. The van der Waals surface area contributed by atoms with E-state index in [0.29, 0.717) is 29.2 Å². The Morgan fingerprint density at radius 2 is 2.00 bits per heavy atom. The van der Waals surface area contributed by atoms with Crippen LogP contribution in [0.25, 0.3) is 16.9 Å². The van der Waals surface area contributed by atoms with Crippen molar-refractivity contribution in [3.05, 3.63) is 76.5 Å². The molecule has 0 saturated heterocycles. The third kappa shape index (κ3) is 2.91. The summed E-state index contributed by atoms with van der Waals surface area (Å²) in [6, 6.07) is 12.4. The summed E-state index contributed by atoms with van der Waals surface area (Å²) in [7, 11) is 1.58. The minimum atomic E-state index is -0.348. The number of fused-ring (bicyclic) bond motifs is 5. The second-order valence-electron chi connectivity index (χ2n) is 6.76. The zero-order valence-corrected chi connectivity index (χ0v) is 15.5.